The zero-order valence-corrected chi connectivity index (χ0v) is 9.26. The van der Waals surface area contributed by atoms with Crippen molar-refractivity contribution >= 4 is 5.97 Å². The maximum absolute atomic E-state index is 10.6. The van der Waals surface area contributed by atoms with E-state index in [0.29, 0.717) is 0 Å². The first kappa shape index (κ1) is 14.3. The molecule has 17 heavy (non-hydrogen) atoms. The van der Waals surface area contributed by atoms with Crippen LogP contribution in [0.25, 0.3) is 0 Å². The molecule has 1 heterocycles. The third kappa shape index (κ3) is 3.12. The molecule has 1 aliphatic heterocycles. The van der Waals surface area contributed by atoms with Crippen molar-refractivity contribution in [3.63, 3.8) is 0 Å². The fourth-order valence-corrected chi connectivity index (χ4v) is 1.57. The van der Waals surface area contributed by atoms with Gasteiger partial charge < -0.3 is 35.6 Å². The number of ether oxygens (including phenoxy) is 2. The molecule has 0 aliphatic carbocycles. The topological polar surface area (TPSA) is 142 Å². The van der Waals surface area contributed by atoms with E-state index in [1.54, 1.807) is 0 Å². The monoisotopic (exact) mass is 251 g/mol. The summed E-state index contributed by atoms with van der Waals surface area (Å²) in [5.74, 6) is -1.22. The number of carboxylic acid groups (broad SMARTS) is 1. The summed E-state index contributed by atoms with van der Waals surface area (Å²) in [6.07, 6.45) is -6.11. The van der Waals surface area contributed by atoms with Gasteiger partial charge in [0.1, 0.15) is 18.3 Å². The Morgan fingerprint density at radius 1 is 1.53 bits per heavy atom. The van der Waals surface area contributed by atoms with Crippen molar-refractivity contribution in [1.82, 2.24) is 0 Å². The lowest BCUT2D eigenvalue weighted by molar-refractivity contribution is -0.262. The number of nitrogens with two attached hydrogens (primary N) is 1. The summed E-state index contributed by atoms with van der Waals surface area (Å²) in [5.41, 5.74) is 5.54. The Bertz CT molecular complexity index is 274. The molecule has 0 unspecified atom stereocenters. The molecule has 1 fully saturated rings. The van der Waals surface area contributed by atoms with E-state index in [4.69, 9.17) is 25.4 Å². The van der Waals surface area contributed by atoms with Gasteiger partial charge in [-0.2, -0.15) is 0 Å². The summed E-state index contributed by atoms with van der Waals surface area (Å²) in [4.78, 5) is 10.6. The minimum absolute atomic E-state index is 0.535. The first-order valence-electron chi connectivity index (χ1n) is 5.14. The second-order valence-corrected chi connectivity index (χ2v) is 3.90. The maximum atomic E-state index is 10.6. The molecule has 6 N–H and O–H groups in total. The van der Waals surface area contributed by atoms with Gasteiger partial charge in [-0.3, -0.25) is 0 Å². The summed E-state index contributed by atoms with van der Waals surface area (Å²) >= 11 is 0. The molecule has 0 spiro atoms. The normalized spacial score (nSPS) is 39.9. The molecular weight excluding hydrogens is 234 g/mol. The molecule has 1 saturated heterocycles. The minimum atomic E-state index is -1.43. The lowest BCUT2D eigenvalue weighted by Gasteiger charge is -2.41. The Balaban J connectivity index is 2.74. The Morgan fingerprint density at radius 2 is 2.12 bits per heavy atom. The first-order chi connectivity index (χ1) is 7.88. The molecule has 1 aliphatic rings. The molecule has 0 aromatic carbocycles. The van der Waals surface area contributed by atoms with Crippen molar-refractivity contribution < 1.29 is 34.7 Å². The van der Waals surface area contributed by atoms with E-state index in [1.165, 1.54) is 6.92 Å². The molecular formula is C9H17NO7. The number of rotatable bonds is 4. The van der Waals surface area contributed by atoms with Gasteiger partial charge in [-0.15, -0.1) is 0 Å². The summed E-state index contributed by atoms with van der Waals surface area (Å²) in [6.45, 7) is 0.740. The minimum Gasteiger partial charge on any atom is -0.479 e. The predicted molar refractivity (Wildman–Crippen MR) is 53.9 cm³/mol. The van der Waals surface area contributed by atoms with Crippen molar-refractivity contribution in [2.45, 2.75) is 43.7 Å². The number of hydrogen-bond donors (Lipinski definition) is 5. The first-order valence-corrected chi connectivity index (χ1v) is 5.14. The Labute approximate surface area is 97.6 Å². The van der Waals surface area contributed by atoms with Gasteiger partial charge in [-0.05, 0) is 6.92 Å². The maximum Gasteiger partial charge on any atom is 0.332 e. The highest BCUT2D eigenvalue weighted by Crippen LogP contribution is 2.22. The fourth-order valence-electron chi connectivity index (χ4n) is 1.57. The van der Waals surface area contributed by atoms with Crippen molar-refractivity contribution in [3.05, 3.63) is 0 Å². The van der Waals surface area contributed by atoms with Gasteiger partial charge in [0, 0.05) is 0 Å². The van der Waals surface area contributed by atoms with E-state index >= 15 is 0 Å². The van der Waals surface area contributed by atoms with E-state index < -0.39 is 49.3 Å². The summed E-state index contributed by atoms with van der Waals surface area (Å²) < 4.78 is 9.89. The van der Waals surface area contributed by atoms with Gasteiger partial charge in [0.25, 0.3) is 0 Å². The van der Waals surface area contributed by atoms with E-state index in [9.17, 15) is 15.0 Å². The van der Waals surface area contributed by atoms with Crippen LogP contribution in [0.5, 0.6) is 0 Å². The molecule has 0 aromatic heterocycles. The molecule has 8 heteroatoms. The molecule has 0 amide bonds. The standard InChI is InChI=1S/C9H17NO7/c1-3(8(13)14)16-7-5(10)9(15)17-4(2-11)6(7)12/h3-7,9,11-12,15H,2,10H2,1H3,(H,13,14)/t3-,4-,5-,6-,7-,9+/m0/s1. The van der Waals surface area contributed by atoms with Crippen molar-refractivity contribution in [1.29, 1.82) is 0 Å². The summed E-state index contributed by atoms with van der Waals surface area (Å²) in [6, 6.07) is -1.09. The van der Waals surface area contributed by atoms with E-state index in [2.05, 4.69) is 0 Å². The second-order valence-electron chi connectivity index (χ2n) is 3.90. The van der Waals surface area contributed by atoms with Crippen LogP contribution in [-0.2, 0) is 14.3 Å². The molecule has 1 rings (SSSR count). The van der Waals surface area contributed by atoms with Crippen LogP contribution in [0.1, 0.15) is 6.92 Å². The number of aliphatic hydroxyl groups is 3. The Morgan fingerprint density at radius 3 is 2.59 bits per heavy atom. The average molecular weight is 251 g/mol. The number of carbonyl (C=O) groups is 1. The quantitative estimate of drug-likeness (QED) is 0.361. The van der Waals surface area contributed by atoms with Crippen LogP contribution in [0, 0.1) is 0 Å². The van der Waals surface area contributed by atoms with Crippen LogP contribution in [-0.4, -0.2) is 69.8 Å². The van der Waals surface area contributed by atoms with Gasteiger partial charge in [0.15, 0.2) is 12.4 Å². The molecule has 0 aromatic rings. The fraction of sp³-hybridized carbons (Fsp3) is 0.889. The van der Waals surface area contributed by atoms with Gasteiger partial charge in [0.2, 0.25) is 0 Å². The van der Waals surface area contributed by atoms with E-state index in [1.807, 2.05) is 0 Å². The largest absolute Gasteiger partial charge is 0.479 e. The van der Waals surface area contributed by atoms with Gasteiger partial charge >= 0.3 is 5.97 Å². The summed E-state index contributed by atoms with van der Waals surface area (Å²) in [7, 11) is 0. The summed E-state index contributed by atoms with van der Waals surface area (Å²) in [5, 5.41) is 36.8. The number of aliphatic hydroxyl groups excluding tert-OH is 3. The van der Waals surface area contributed by atoms with Gasteiger partial charge in [-0.1, -0.05) is 0 Å². The van der Waals surface area contributed by atoms with Crippen LogP contribution in [0.3, 0.4) is 0 Å². The van der Waals surface area contributed by atoms with Crippen LogP contribution < -0.4 is 5.73 Å². The molecule has 0 saturated carbocycles. The zero-order chi connectivity index (χ0) is 13.2. The third-order valence-electron chi connectivity index (χ3n) is 2.63. The highest BCUT2D eigenvalue weighted by molar-refractivity contribution is 5.71. The Hall–Kier alpha value is -0.770. The smallest absolute Gasteiger partial charge is 0.332 e. The van der Waals surface area contributed by atoms with Gasteiger partial charge in [0.05, 0.1) is 12.6 Å². The van der Waals surface area contributed by atoms with Crippen LogP contribution in [0.4, 0.5) is 0 Å². The molecule has 8 nitrogen and oxygen atoms in total. The lowest BCUT2D eigenvalue weighted by Crippen LogP contribution is -2.63. The second kappa shape index (κ2) is 5.71. The highest BCUT2D eigenvalue weighted by Gasteiger charge is 2.44. The van der Waals surface area contributed by atoms with E-state index in [0.717, 1.165) is 0 Å². The highest BCUT2D eigenvalue weighted by atomic mass is 16.6. The van der Waals surface area contributed by atoms with E-state index in [-0.39, 0.29) is 0 Å². The molecule has 0 bridgehead atoms. The van der Waals surface area contributed by atoms with Crippen molar-refractivity contribution in [2.75, 3.05) is 6.61 Å². The van der Waals surface area contributed by atoms with Crippen LogP contribution in [0.2, 0.25) is 0 Å². The van der Waals surface area contributed by atoms with Crippen molar-refractivity contribution in [2.24, 2.45) is 5.73 Å². The van der Waals surface area contributed by atoms with Crippen LogP contribution in [0.15, 0.2) is 0 Å². The molecule has 100 valence electrons. The Kier molecular flexibility index (Phi) is 4.80. The SMILES string of the molecule is C[C@H](O[C@H]1[C@H](N)[C@H](O)O[C@@H](CO)[C@@H]1O)C(=O)O. The lowest BCUT2D eigenvalue weighted by atomic mass is 9.97. The zero-order valence-electron chi connectivity index (χ0n) is 9.26. The number of carboxylic acids is 1. The molecule has 6 atom stereocenters. The third-order valence-corrected chi connectivity index (χ3v) is 2.63. The van der Waals surface area contributed by atoms with Crippen molar-refractivity contribution in [3.8, 4) is 0 Å². The number of aliphatic carboxylic acids is 1. The van der Waals surface area contributed by atoms with Crippen LogP contribution >= 0.6 is 0 Å². The predicted octanol–water partition coefficient (Wildman–Crippen LogP) is -2.76. The van der Waals surface area contributed by atoms with Gasteiger partial charge in [-0.25, -0.2) is 4.79 Å². The average Bonchev–Trinajstić information content (AvgIpc) is 2.28. The number of hydrogen-bond acceptors (Lipinski definition) is 7. The molecule has 0 radical (unpaired) electrons.